The smallest absolute Gasteiger partial charge is 0.140 e. The van der Waals surface area contributed by atoms with E-state index in [2.05, 4.69) is 28.8 Å². The van der Waals surface area contributed by atoms with Crippen molar-refractivity contribution in [2.45, 2.75) is 26.2 Å². The van der Waals surface area contributed by atoms with Crippen LogP contribution in [0.1, 0.15) is 33.3 Å². The Morgan fingerprint density at radius 2 is 2.38 bits per heavy atom. The SMILES string of the molecule is CCC(C)c1ncnc2[nH]ccc12.[HH]. The van der Waals surface area contributed by atoms with Crippen LogP contribution >= 0.6 is 0 Å². The lowest BCUT2D eigenvalue weighted by Gasteiger charge is -2.07. The zero-order chi connectivity index (χ0) is 9.26. The van der Waals surface area contributed by atoms with Crippen molar-refractivity contribution in [1.29, 1.82) is 0 Å². The number of H-pyrrole nitrogens is 1. The molecule has 13 heavy (non-hydrogen) atoms. The predicted octanol–water partition coefficient (Wildman–Crippen LogP) is 2.72. The standard InChI is InChI=1S/C10H13N3.H2/c1-3-7(2)9-8-4-5-11-10(8)13-6-12-9;/h4-7H,3H2,1-2H3,(H,11,12,13);1H. The largest absolute Gasteiger partial charge is 0.346 e. The topological polar surface area (TPSA) is 41.6 Å². The fourth-order valence-electron chi connectivity index (χ4n) is 1.48. The van der Waals surface area contributed by atoms with Gasteiger partial charge in [-0.05, 0) is 18.4 Å². The molecular formula is C10H15N3. The third-order valence-corrected chi connectivity index (χ3v) is 2.46. The average Bonchev–Trinajstić information content (AvgIpc) is 2.63. The second kappa shape index (κ2) is 3.17. The number of hydrogen-bond acceptors (Lipinski definition) is 2. The van der Waals surface area contributed by atoms with Crippen molar-refractivity contribution in [2.24, 2.45) is 0 Å². The van der Waals surface area contributed by atoms with Crippen LogP contribution in [0.25, 0.3) is 11.0 Å². The van der Waals surface area contributed by atoms with Crippen LogP contribution in [0.15, 0.2) is 18.6 Å². The molecule has 0 saturated heterocycles. The molecule has 0 bridgehead atoms. The first-order valence-electron chi connectivity index (χ1n) is 4.61. The summed E-state index contributed by atoms with van der Waals surface area (Å²) in [5.41, 5.74) is 2.08. The molecule has 2 heterocycles. The summed E-state index contributed by atoms with van der Waals surface area (Å²) in [5.74, 6) is 0.501. The Morgan fingerprint density at radius 3 is 3.15 bits per heavy atom. The first kappa shape index (κ1) is 8.23. The summed E-state index contributed by atoms with van der Waals surface area (Å²) < 4.78 is 0. The second-order valence-corrected chi connectivity index (χ2v) is 3.31. The molecule has 3 heteroatoms. The number of aromatic nitrogens is 3. The lowest BCUT2D eigenvalue weighted by atomic mass is 10.0. The molecule has 0 aliphatic heterocycles. The van der Waals surface area contributed by atoms with E-state index in [1.165, 1.54) is 0 Å². The molecule has 1 N–H and O–H groups in total. The third kappa shape index (κ3) is 1.30. The van der Waals surface area contributed by atoms with E-state index in [1.807, 2.05) is 12.3 Å². The average molecular weight is 177 g/mol. The number of aromatic amines is 1. The van der Waals surface area contributed by atoms with Gasteiger partial charge in [-0.1, -0.05) is 13.8 Å². The van der Waals surface area contributed by atoms with Crippen molar-refractivity contribution in [3.63, 3.8) is 0 Å². The zero-order valence-electron chi connectivity index (χ0n) is 7.91. The predicted molar refractivity (Wildman–Crippen MR) is 54.7 cm³/mol. The molecule has 0 aromatic carbocycles. The highest BCUT2D eigenvalue weighted by Gasteiger charge is 2.09. The van der Waals surface area contributed by atoms with Crippen LogP contribution in [0.3, 0.4) is 0 Å². The highest BCUT2D eigenvalue weighted by molar-refractivity contribution is 5.78. The normalized spacial score (nSPS) is 13.4. The van der Waals surface area contributed by atoms with Gasteiger partial charge in [0.2, 0.25) is 0 Å². The lowest BCUT2D eigenvalue weighted by molar-refractivity contribution is 0.713. The van der Waals surface area contributed by atoms with Crippen LogP contribution in [0.2, 0.25) is 0 Å². The highest BCUT2D eigenvalue weighted by atomic mass is 14.9. The zero-order valence-corrected chi connectivity index (χ0v) is 7.91. The minimum absolute atomic E-state index is 0. The van der Waals surface area contributed by atoms with Gasteiger partial charge in [0.05, 0.1) is 5.69 Å². The third-order valence-electron chi connectivity index (χ3n) is 2.46. The second-order valence-electron chi connectivity index (χ2n) is 3.31. The quantitative estimate of drug-likeness (QED) is 0.766. The van der Waals surface area contributed by atoms with E-state index in [0.29, 0.717) is 5.92 Å². The maximum absolute atomic E-state index is 4.32. The minimum Gasteiger partial charge on any atom is -0.346 e. The summed E-state index contributed by atoms with van der Waals surface area (Å²) in [7, 11) is 0. The summed E-state index contributed by atoms with van der Waals surface area (Å²) in [6.45, 7) is 4.36. The fraction of sp³-hybridized carbons (Fsp3) is 0.400. The molecule has 2 aromatic rings. The molecule has 0 radical (unpaired) electrons. The maximum atomic E-state index is 4.32. The molecule has 3 nitrogen and oxygen atoms in total. The van der Waals surface area contributed by atoms with E-state index in [-0.39, 0.29) is 1.43 Å². The molecule has 0 aliphatic carbocycles. The van der Waals surface area contributed by atoms with Crippen molar-refractivity contribution in [1.82, 2.24) is 15.0 Å². The van der Waals surface area contributed by atoms with Gasteiger partial charge in [-0.2, -0.15) is 0 Å². The summed E-state index contributed by atoms with van der Waals surface area (Å²) in [6.07, 6.45) is 4.64. The molecule has 1 unspecified atom stereocenters. The molecule has 2 aromatic heterocycles. The van der Waals surface area contributed by atoms with Gasteiger partial charge in [-0.25, -0.2) is 9.97 Å². The summed E-state index contributed by atoms with van der Waals surface area (Å²) in [6, 6.07) is 2.04. The van der Waals surface area contributed by atoms with E-state index >= 15 is 0 Å². The van der Waals surface area contributed by atoms with Gasteiger partial charge in [0.1, 0.15) is 12.0 Å². The number of fused-ring (bicyclic) bond motifs is 1. The monoisotopic (exact) mass is 177 g/mol. The van der Waals surface area contributed by atoms with Crippen LogP contribution in [0.4, 0.5) is 0 Å². The Bertz CT molecular complexity index is 410. The minimum atomic E-state index is 0. The van der Waals surface area contributed by atoms with E-state index in [9.17, 15) is 0 Å². The first-order valence-corrected chi connectivity index (χ1v) is 4.61. The molecule has 70 valence electrons. The molecule has 2 rings (SSSR count). The molecular weight excluding hydrogens is 162 g/mol. The van der Waals surface area contributed by atoms with E-state index in [4.69, 9.17) is 0 Å². The number of rotatable bonds is 2. The number of nitrogens with zero attached hydrogens (tertiary/aromatic N) is 2. The van der Waals surface area contributed by atoms with Crippen LogP contribution in [-0.4, -0.2) is 15.0 Å². The van der Waals surface area contributed by atoms with Crippen molar-refractivity contribution < 1.29 is 1.43 Å². The van der Waals surface area contributed by atoms with Crippen LogP contribution in [-0.2, 0) is 0 Å². The molecule has 0 amide bonds. The molecule has 1 atom stereocenters. The van der Waals surface area contributed by atoms with Crippen molar-refractivity contribution in [3.8, 4) is 0 Å². The van der Waals surface area contributed by atoms with Crippen LogP contribution in [0.5, 0.6) is 0 Å². The summed E-state index contributed by atoms with van der Waals surface area (Å²) in [4.78, 5) is 11.6. The number of nitrogens with one attached hydrogen (secondary N) is 1. The molecule has 0 saturated carbocycles. The van der Waals surface area contributed by atoms with Crippen LogP contribution < -0.4 is 0 Å². The Kier molecular flexibility index (Phi) is 2.00. The number of hydrogen-bond donors (Lipinski definition) is 1. The first-order chi connectivity index (χ1) is 6.33. The Hall–Kier alpha value is -1.38. The molecule has 0 aliphatic rings. The highest BCUT2D eigenvalue weighted by Crippen LogP contribution is 2.22. The molecule has 0 spiro atoms. The lowest BCUT2D eigenvalue weighted by Crippen LogP contribution is -1.96. The van der Waals surface area contributed by atoms with E-state index in [0.717, 1.165) is 23.1 Å². The van der Waals surface area contributed by atoms with Gasteiger partial charge in [0, 0.05) is 13.0 Å². The Morgan fingerprint density at radius 1 is 1.54 bits per heavy atom. The van der Waals surface area contributed by atoms with Crippen molar-refractivity contribution in [3.05, 3.63) is 24.3 Å². The van der Waals surface area contributed by atoms with Gasteiger partial charge in [-0.15, -0.1) is 0 Å². The maximum Gasteiger partial charge on any atom is 0.140 e. The van der Waals surface area contributed by atoms with Gasteiger partial charge in [0.25, 0.3) is 0 Å². The summed E-state index contributed by atoms with van der Waals surface area (Å²) in [5, 5.41) is 1.15. The van der Waals surface area contributed by atoms with Gasteiger partial charge in [-0.3, -0.25) is 0 Å². The van der Waals surface area contributed by atoms with E-state index in [1.54, 1.807) is 6.33 Å². The van der Waals surface area contributed by atoms with Gasteiger partial charge < -0.3 is 4.98 Å². The summed E-state index contributed by atoms with van der Waals surface area (Å²) >= 11 is 0. The fourth-order valence-corrected chi connectivity index (χ4v) is 1.48. The Balaban J connectivity index is 0.000000980. The van der Waals surface area contributed by atoms with Crippen LogP contribution in [0, 0.1) is 0 Å². The van der Waals surface area contributed by atoms with E-state index < -0.39 is 0 Å². The van der Waals surface area contributed by atoms with Crippen molar-refractivity contribution in [2.75, 3.05) is 0 Å². The molecule has 0 fully saturated rings. The Labute approximate surface area is 78.7 Å². The van der Waals surface area contributed by atoms with Gasteiger partial charge >= 0.3 is 0 Å². The van der Waals surface area contributed by atoms with Gasteiger partial charge in [0.15, 0.2) is 0 Å². The van der Waals surface area contributed by atoms with Crippen molar-refractivity contribution >= 4 is 11.0 Å².